The number of carbonyl (C=O) groups excluding carboxylic acids is 1. The van der Waals surface area contributed by atoms with E-state index in [1.807, 2.05) is 0 Å². The van der Waals surface area contributed by atoms with Crippen molar-refractivity contribution in [3.05, 3.63) is 29.3 Å². The van der Waals surface area contributed by atoms with Crippen molar-refractivity contribution < 1.29 is 23.0 Å². The molecule has 1 aliphatic rings. The Kier molecular flexibility index (Phi) is 7.36. The maximum absolute atomic E-state index is 13.0. The molecule has 0 radical (unpaired) electrons. The summed E-state index contributed by atoms with van der Waals surface area (Å²) in [5.41, 5.74) is 5.75. The third kappa shape index (κ3) is 4.91. The minimum atomic E-state index is -3.13. The number of hydrogen-bond donors (Lipinski definition) is 2. The van der Waals surface area contributed by atoms with Gasteiger partial charge in [-0.1, -0.05) is 0 Å². The molecule has 3 rings (SSSR count). The summed E-state index contributed by atoms with van der Waals surface area (Å²) in [4.78, 5) is 16.0. The topological polar surface area (TPSA) is 86.5 Å². The molecule has 2 heterocycles. The van der Waals surface area contributed by atoms with Gasteiger partial charge in [0.2, 0.25) is 6.79 Å². The van der Waals surface area contributed by atoms with Crippen molar-refractivity contribution in [3.8, 4) is 22.1 Å². The van der Waals surface area contributed by atoms with Gasteiger partial charge in [0, 0.05) is 10.9 Å². The summed E-state index contributed by atoms with van der Waals surface area (Å²) in [6.45, 7) is -1.48. The number of carbonyl (C=O) groups is 1. The second kappa shape index (κ2) is 8.61. The first-order valence-electron chi connectivity index (χ1n) is 6.70. The van der Waals surface area contributed by atoms with E-state index >= 15 is 0 Å². The van der Waals surface area contributed by atoms with E-state index in [-0.39, 0.29) is 37.3 Å². The maximum atomic E-state index is 13.0. The normalized spacial score (nSPS) is 12.1. The van der Waals surface area contributed by atoms with Crippen LogP contribution >= 0.6 is 36.2 Å². The second-order valence-electron chi connectivity index (χ2n) is 4.85. The number of thiazole rings is 1. The van der Waals surface area contributed by atoms with Crippen LogP contribution in [0.5, 0.6) is 11.5 Å². The van der Waals surface area contributed by atoms with E-state index in [4.69, 9.17) is 15.2 Å². The molecule has 1 aromatic heterocycles. The predicted molar refractivity (Wildman–Crippen MR) is 94.5 cm³/mol. The van der Waals surface area contributed by atoms with Gasteiger partial charge in [0.05, 0.1) is 13.1 Å². The number of hydrogen-bond acceptors (Lipinski definition) is 6. The third-order valence-corrected chi connectivity index (χ3v) is 4.05. The van der Waals surface area contributed by atoms with E-state index in [1.54, 1.807) is 18.2 Å². The molecule has 1 aromatic carbocycles. The van der Waals surface area contributed by atoms with Crippen LogP contribution in [0.2, 0.25) is 0 Å². The zero-order chi connectivity index (χ0) is 16.4. The molecule has 0 bridgehead atoms. The summed E-state index contributed by atoms with van der Waals surface area (Å²) in [6.07, 6.45) is 0. The molecule has 0 spiro atoms. The summed E-state index contributed by atoms with van der Waals surface area (Å²) in [5, 5.41) is 4.22. The maximum Gasteiger partial charge on any atom is 0.277 e. The van der Waals surface area contributed by atoms with E-state index in [0.29, 0.717) is 16.5 Å². The molecular formula is C14H15Cl2F2N3O3S. The standard InChI is InChI=1S/C14H13F2N3O3S.2ClH/c15-14(16,5-17)6-18-12(20)9-4-23-13(19-9)8-1-2-10-11(3-8)22-7-21-10;;/h1-4H,5-7,17H2,(H,18,20);2*1H. The van der Waals surface area contributed by atoms with Gasteiger partial charge < -0.3 is 20.5 Å². The SMILES string of the molecule is Cl.Cl.NCC(F)(F)CNC(=O)c1csc(-c2ccc3c(c2)OCO3)n1. The van der Waals surface area contributed by atoms with E-state index in [0.717, 1.165) is 5.56 Å². The summed E-state index contributed by atoms with van der Waals surface area (Å²) in [7, 11) is 0. The van der Waals surface area contributed by atoms with Crippen molar-refractivity contribution in [2.24, 2.45) is 5.73 Å². The fraction of sp³-hybridized carbons (Fsp3) is 0.286. The van der Waals surface area contributed by atoms with Crippen LogP contribution in [0, 0.1) is 0 Å². The Morgan fingerprint density at radius 1 is 1.32 bits per heavy atom. The van der Waals surface area contributed by atoms with Crippen molar-refractivity contribution in [2.75, 3.05) is 19.9 Å². The molecule has 1 amide bonds. The van der Waals surface area contributed by atoms with Crippen molar-refractivity contribution in [3.63, 3.8) is 0 Å². The van der Waals surface area contributed by atoms with Crippen LogP contribution in [0.4, 0.5) is 8.78 Å². The lowest BCUT2D eigenvalue weighted by molar-refractivity contribution is 0.0118. The van der Waals surface area contributed by atoms with Crippen molar-refractivity contribution >= 4 is 42.1 Å². The van der Waals surface area contributed by atoms with Gasteiger partial charge in [-0.05, 0) is 18.2 Å². The van der Waals surface area contributed by atoms with E-state index in [2.05, 4.69) is 10.3 Å². The highest BCUT2D eigenvalue weighted by Crippen LogP contribution is 2.36. The van der Waals surface area contributed by atoms with Crippen LogP contribution in [-0.4, -0.2) is 36.7 Å². The Morgan fingerprint density at radius 2 is 2.04 bits per heavy atom. The van der Waals surface area contributed by atoms with Crippen molar-refractivity contribution in [1.82, 2.24) is 10.3 Å². The van der Waals surface area contributed by atoms with E-state index in [1.165, 1.54) is 16.7 Å². The van der Waals surface area contributed by atoms with Gasteiger partial charge in [-0.2, -0.15) is 0 Å². The number of amides is 1. The molecule has 1 aliphatic heterocycles. The molecule has 0 aliphatic carbocycles. The van der Waals surface area contributed by atoms with Crippen LogP contribution in [0.15, 0.2) is 23.6 Å². The second-order valence-corrected chi connectivity index (χ2v) is 5.71. The number of rotatable bonds is 5. The smallest absolute Gasteiger partial charge is 0.277 e. The van der Waals surface area contributed by atoms with Crippen LogP contribution in [0.3, 0.4) is 0 Å². The monoisotopic (exact) mass is 413 g/mol. The Balaban J connectivity index is 0.00000156. The summed E-state index contributed by atoms with van der Waals surface area (Å²) < 4.78 is 36.6. The predicted octanol–water partition coefficient (Wildman–Crippen LogP) is 2.71. The van der Waals surface area contributed by atoms with Crippen molar-refractivity contribution in [2.45, 2.75) is 5.92 Å². The lowest BCUT2D eigenvalue weighted by Gasteiger charge is -2.13. The van der Waals surface area contributed by atoms with Gasteiger partial charge in [0.15, 0.2) is 11.5 Å². The summed E-state index contributed by atoms with van der Waals surface area (Å²) in [5.74, 6) is -2.55. The number of alkyl halides is 2. The van der Waals surface area contributed by atoms with Gasteiger partial charge in [-0.3, -0.25) is 4.79 Å². The molecule has 25 heavy (non-hydrogen) atoms. The molecular weight excluding hydrogens is 399 g/mol. The molecule has 138 valence electrons. The zero-order valence-electron chi connectivity index (χ0n) is 12.7. The Hall–Kier alpha value is -1.68. The fourth-order valence-corrected chi connectivity index (χ4v) is 2.71. The summed E-state index contributed by atoms with van der Waals surface area (Å²) >= 11 is 1.24. The van der Waals surface area contributed by atoms with Crippen LogP contribution in [0.1, 0.15) is 10.5 Å². The lowest BCUT2D eigenvalue weighted by atomic mass is 10.2. The first kappa shape index (κ1) is 21.4. The Bertz CT molecular complexity index is 746. The van der Waals surface area contributed by atoms with Crippen LogP contribution in [0.25, 0.3) is 10.6 Å². The minimum absolute atomic E-state index is 0. The molecule has 3 N–H and O–H groups in total. The highest BCUT2D eigenvalue weighted by atomic mass is 35.5. The average Bonchev–Trinajstić information content (AvgIpc) is 3.20. The lowest BCUT2D eigenvalue weighted by Crippen LogP contribution is -2.41. The zero-order valence-corrected chi connectivity index (χ0v) is 15.1. The van der Waals surface area contributed by atoms with E-state index < -0.39 is 24.9 Å². The Morgan fingerprint density at radius 3 is 2.76 bits per heavy atom. The average molecular weight is 414 g/mol. The number of nitrogens with zero attached hydrogens (tertiary/aromatic N) is 1. The van der Waals surface area contributed by atoms with Gasteiger partial charge >= 0.3 is 0 Å². The highest BCUT2D eigenvalue weighted by Gasteiger charge is 2.27. The molecule has 0 unspecified atom stereocenters. The molecule has 0 saturated carbocycles. The van der Waals surface area contributed by atoms with Crippen LogP contribution < -0.4 is 20.5 Å². The number of nitrogens with one attached hydrogen (secondary N) is 1. The van der Waals surface area contributed by atoms with Gasteiger partial charge in [0.25, 0.3) is 11.8 Å². The minimum Gasteiger partial charge on any atom is -0.454 e. The first-order valence-corrected chi connectivity index (χ1v) is 7.58. The van der Waals surface area contributed by atoms with Gasteiger partial charge in [0.1, 0.15) is 10.7 Å². The first-order chi connectivity index (χ1) is 11.0. The molecule has 0 fully saturated rings. The van der Waals surface area contributed by atoms with Gasteiger partial charge in [-0.15, -0.1) is 36.2 Å². The van der Waals surface area contributed by atoms with Gasteiger partial charge in [-0.25, -0.2) is 13.8 Å². The van der Waals surface area contributed by atoms with E-state index in [9.17, 15) is 13.6 Å². The number of ether oxygens (including phenoxy) is 2. The number of fused-ring (bicyclic) bond motifs is 1. The number of aromatic nitrogens is 1. The molecule has 0 saturated heterocycles. The molecule has 2 aromatic rings. The molecule has 11 heteroatoms. The number of benzene rings is 1. The van der Waals surface area contributed by atoms with Crippen LogP contribution in [-0.2, 0) is 0 Å². The number of nitrogens with two attached hydrogens (primary N) is 1. The largest absolute Gasteiger partial charge is 0.454 e. The molecule has 0 atom stereocenters. The highest BCUT2D eigenvalue weighted by molar-refractivity contribution is 7.13. The quantitative estimate of drug-likeness (QED) is 0.786. The fourth-order valence-electron chi connectivity index (χ4n) is 1.91. The molecule has 6 nitrogen and oxygen atoms in total. The number of halogens is 4. The third-order valence-electron chi connectivity index (χ3n) is 3.16. The summed E-state index contributed by atoms with van der Waals surface area (Å²) in [6, 6.07) is 5.29. The Labute approximate surface area is 158 Å². The van der Waals surface area contributed by atoms with Crippen molar-refractivity contribution in [1.29, 1.82) is 0 Å².